The molecule has 0 aliphatic heterocycles. The molecule has 0 saturated carbocycles. The van der Waals surface area contributed by atoms with Crippen LogP contribution in [0.2, 0.25) is 0 Å². The second-order valence-corrected chi connectivity index (χ2v) is 8.50. The van der Waals surface area contributed by atoms with E-state index in [1.807, 2.05) is 12.1 Å². The maximum absolute atomic E-state index is 11.4. The van der Waals surface area contributed by atoms with Crippen molar-refractivity contribution in [2.75, 3.05) is 26.4 Å². The molecular formula is C18H31N3O2S. The summed E-state index contributed by atoms with van der Waals surface area (Å²) in [6.07, 6.45) is 5.68. The molecule has 0 unspecified atom stereocenters. The summed E-state index contributed by atoms with van der Waals surface area (Å²) >= 11 is 0. The van der Waals surface area contributed by atoms with Crippen LogP contribution >= 0.6 is 0 Å². The van der Waals surface area contributed by atoms with Gasteiger partial charge in [0.05, 0.1) is 4.90 Å². The third kappa shape index (κ3) is 8.34. The van der Waals surface area contributed by atoms with E-state index in [9.17, 15) is 8.42 Å². The van der Waals surface area contributed by atoms with Crippen LogP contribution in [0.5, 0.6) is 0 Å². The van der Waals surface area contributed by atoms with Gasteiger partial charge in [0, 0.05) is 26.4 Å². The summed E-state index contributed by atoms with van der Waals surface area (Å²) in [5.74, 6) is 1.57. The number of guanidine groups is 1. The third-order valence-electron chi connectivity index (χ3n) is 3.78. The number of nitrogens with one attached hydrogen (secondary N) is 2. The molecule has 1 aromatic rings. The lowest BCUT2D eigenvalue weighted by Crippen LogP contribution is -2.38. The molecule has 0 heterocycles. The van der Waals surface area contributed by atoms with E-state index < -0.39 is 9.84 Å². The summed E-state index contributed by atoms with van der Waals surface area (Å²) in [5, 5.41) is 6.60. The Bertz CT molecular complexity index is 608. The van der Waals surface area contributed by atoms with Crippen molar-refractivity contribution in [1.82, 2.24) is 10.6 Å². The fourth-order valence-corrected chi connectivity index (χ4v) is 2.96. The van der Waals surface area contributed by atoms with E-state index in [4.69, 9.17) is 0 Å². The molecule has 0 spiro atoms. The van der Waals surface area contributed by atoms with Crippen molar-refractivity contribution in [3.63, 3.8) is 0 Å². The van der Waals surface area contributed by atoms with Gasteiger partial charge in [0.2, 0.25) is 0 Å². The molecule has 6 heteroatoms. The fourth-order valence-electron chi connectivity index (χ4n) is 2.33. The van der Waals surface area contributed by atoms with Gasteiger partial charge >= 0.3 is 0 Å². The van der Waals surface area contributed by atoms with Crippen LogP contribution < -0.4 is 10.6 Å². The number of rotatable bonds is 9. The number of aliphatic imine (C=N–C) groups is 1. The first-order valence-corrected chi connectivity index (χ1v) is 10.5. The Hall–Kier alpha value is -1.56. The van der Waals surface area contributed by atoms with Crippen molar-refractivity contribution in [2.24, 2.45) is 10.9 Å². The molecule has 1 rings (SSSR count). The Labute approximate surface area is 146 Å². The van der Waals surface area contributed by atoms with Gasteiger partial charge in [-0.05, 0) is 36.5 Å². The molecule has 24 heavy (non-hydrogen) atoms. The summed E-state index contributed by atoms with van der Waals surface area (Å²) in [5.41, 5.74) is 1.10. The van der Waals surface area contributed by atoms with Crippen LogP contribution in [0, 0.1) is 5.92 Å². The largest absolute Gasteiger partial charge is 0.356 e. The van der Waals surface area contributed by atoms with Crippen LogP contribution in [0.25, 0.3) is 0 Å². The van der Waals surface area contributed by atoms with Gasteiger partial charge in [0.25, 0.3) is 0 Å². The molecule has 136 valence electrons. The zero-order chi connectivity index (χ0) is 18.0. The standard InChI is InChI=1S/C18H31N3O2S/c1-15(2)7-5-6-13-20-18(19-3)21-14-12-16-8-10-17(11-9-16)24(4,22)23/h8-11,15H,5-7,12-14H2,1-4H3,(H2,19,20,21). The highest BCUT2D eigenvalue weighted by Crippen LogP contribution is 2.10. The van der Waals surface area contributed by atoms with Crippen molar-refractivity contribution in [2.45, 2.75) is 44.4 Å². The lowest BCUT2D eigenvalue weighted by atomic mass is 10.1. The summed E-state index contributed by atoms with van der Waals surface area (Å²) < 4.78 is 22.9. The van der Waals surface area contributed by atoms with E-state index in [1.165, 1.54) is 19.1 Å². The summed E-state index contributed by atoms with van der Waals surface area (Å²) in [4.78, 5) is 4.57. The monoisotopic (exact) mass is 353 g/mol. The fraction of sp³-hybridized carbons (Fsp3) is 0.611. The molecular weight excluding hydrogens is 322 g/mol. The van der Waals surface area contributed by atoms with Gasteiger partial charge in [0.1, 0.15) is 0 Å². The highest BCUT2D eigenvalue weighted by atomic mass is 32.2. The topological polar surface area (TPSA) is 70.6 Å². The van der Waals surface area contributed by atoms with Crippen molar-refractivity contribution in [3.8, 4) is 0 Å². The number of hydrogen-bond donors (Lipinski definition) is 2. The molecule has 0 atom stereocenters. The van der Waals surface area contributed by atoms with Gasteiger partial charge in [0.15, 0.2) is 15.8 Å². The Morgan fingerprint density at radius 2 is 1.71 bits per heavy atom. The second-order valence-electron chi connectivity index (χ2n) is 6.48. The van der Waals surface area contributed by atoms with Crippen molar-refractivity contribution < 1.29 is 8.42 Å². The Kier molecular flexibility index (Phi) is 8.82. The molecule has 0 aliphatic rings. The van der Waals surface area contributed by atoms with Crippen LogP contribution in [-0.2, 0) is 16.3 Å². The Balaban J connectivity index is 2.29. The number of unbranched alkanes of at least 4 members (excludes halogenated alkanes) is 1. The highest BCUT2D eigenvalue weighted by Gasteiger charge is 2.06. The van der Waals surface area contributed by atoms with Gasteiger partial charge in [-0.1, -0.05) is 38.8 Å². The summed E-state index contributed by atoms with van der Waals surface area (Å²) in [7, 11) is -1.35. The van der Waals surface area contributed by atoms with Crippen LogP contribution in [0.3, 0.4) is 0 Å². The molecule has 0 bridgehead atoms. The molecule has 5 nitrogen and oxygen atoms in total. The maximum Gasteiger partial charge on any atom is 0.190 e. The molecule has 0 aromatic heterocycles. The van der Waals surface area contributed by atoms with Crippen LogP contribution in [0.15, 0.2) is 34.2 Å². The first-order chi connectivity index (χ1) is 11.3. The Morgan fingerprint density at radius 3 is 2.25 bits per heavy atom. The van der Waals surface area contributed by atoms with E-state index in [0.29, 0.717) is 4.90 Å². The highest BCUT2D eigenvalue weighted by molar-refractivity contribution is 7.90. The number of sulfone groups is 1. The van der Waals surface area contributed by atoms with Gasteiger partial charge in [-0.25, -0.2) is 8.42 Å². The Morgan fingerprint density at radius 1 is 1.08 bits per heavy atom. The van der Waals surface area contributed by atoms with E-state index in [2.05, 4.69) is 29.5 Å². The predicted octanol–water partition coefficient (Wildman–Crippen LogP) is 2.62. The van der Waals surface area contributed by atoms with Crippen molar-refractivity contribution in [3.05, 3.63) is 29.8 Å². The zero-order valence-electron chi connectivity index (χ0n) is 15.3. The van der Waals surface area contributed by atoms with Crippen LogP contribution in [-0.4, -0.2) is 40.8 Å². The minimum Gasteiger partial charge on any atom is -0.356 e. The molecule has 0 radical (unpaired) electrons. The van der Waals surface area contributed by atoms with Crippen LogP contribution in [0.4, 0.5) is 0 Å². The average Bonchev–Trinajstić information content (AvgIpc) is 2.52. The second kappa shape index (κ2) is 10.3. The molecule has 0 saturated heterocycles. The van der Waals surface area contributed by atoms with E-state index >= 15 is 0 Å². The smallest absolute Gasteiger partial charge is 0.190 e. The summed E-state index contributed by atoms with van der Waals surface area (Å²) in [6.45, 7) is 6.17. The molecule has 0 aliphatic carbocycles. The lowest BCUT2D eigenvalue weighted by molar-refractivity contribution is 0.534. The number of hydrogen-bond acceptors (Lipinski definition) is 3. The minimum atomic E-state index is -3.12. The quantitative estimate of drug-likeness (QED) is 0.407. The predicted molar refractivity (Wildman–Crippen MR) is 101 cm³/mol. The van der Waals surface area contributed by atoms with E-state index in [0.717, 1.165) is 43.4 Å². The first kappa shape index (κ1) is 20.5. The number of nitrogens with zero attached hydrogens (tertiary/aromatic N) is 1. The normalized spacial score (nSPS) is 12.5. The molecule has 1 aromatic carbocycles. The average molecular weight is 354 g/mol. The van der Waals surface area contributed by atoms with E-state index in [-0.39, 0.29) is 0 Å². The molecule has 2 N–H and O–H groups in total. The number of benzene rings is 1. The van der Waals surface area contributed by atoms with Gasteiger partial charge < -0.3 is 10.6 Å². The van der Waals surface area contributed by atoms with Gasteiger partial charge in [-0.3, -0.25) is 4.99 Å². The summed E-state index contributed by atoms with van der Waals surface area (Å²) in [6, 6.07) is 7.04. The molecule has 0 amide bonds. The first-order valence-electron chi connectivity index (χ1n) is 8.56. The third-order valence-corrected chi connectivity index (χ3v) is 4.91. The molecule has 0 fully saturated rings. The minimum absolute atomic E-state index is 0.359. The zero-order valence-corrected chi connectivity index (χ0v) is 16.1. The van der Waals surface area contributed by atoms with Gasteiger partial charge in [-0.2, -0.15) is 0 Å². The van der Waals surface area contributed by atoms with Gasteiger partial charge in [-0.15, -0.1) is 0 Å². The van der Waals surface area contributed by atoms with Crippen molar-refractivity contribution in [1.29, 1.82) is 0 Å². The van der Waals surface area contributed by atoms with E-state index in [1.54, 1.807) is 19.2 Å². The van der Waals surface area contributed by atoms with Crippen molar-refractivity contribution >= 4 is 15.8 Å². The van der Waals surface area contributed by atoms with Crippen LogP contribution in [0.1, 0.15) is 38.7 Å². The lowest BCUT2D eigenvalue weighted by Gasteiger charge is -2.12. The SMILES string of the molecule is CN=C(NCCCCC(C)C)NCCc1ccc(S(C)(=O)=O)cc1. The maximum atomic E-state index is 11.4.